The van der Waals surface area contributed by atoms with Crippen molar-refractivity contribution in [3.05, 3.63) is 52.3 Å². The van der Waals surface area contributed by atoms with Crippen LogP contribution in [0.5, 0.6) is 5.75 Å². The van der Waals surface area contributed by atoms with Crippen LogP contribution in [0.15, 0.2) is 35.6 Å². The summed E-state index contributed by atoms with van der Waals surface area (Å²) in [6.45, 7) is 5.60. The van der Waals surface area contributed by atoms with Crippen molar-refractivity contribution in [1.82, 2.24) is 4.90 Å². The van der Waals surface area contributed by atoms with E-state index in [1.54, 1.807) is 14.2 Å². The molecule has 4 rings (SSSR count). The average molecular weight is 311 g/mol. The van der Waals surface area contributed by atoms with Crippen LogP contribution in [0.2, 0.25) is 0 Å². The summed E-state index contributed by atoms with van der Waals surface area (Å²) in [5, 5.41) is 0. The second-order valence-corrected chi connectivity index (χ2v) is 7.15. The van der Waals surface area contributed by atoms with Crippen LogP contribution in [0, 0.1) is 12.8 Å². The number of benzene rings is 1. The molecule has 0 aromatic heterocycles. The number of aryl methyl sites for hydroxylation is 1. The number of nitrogens with zero attached hydrogens (tertiary/aromatic N) is 1. The first-order valence-electron chi connectivity index (χ1n) is 8.38. The third-order valence-corrected chi connectivity index (χ3v) is 6.28. The van der Waals surface area contributed by atoms with Crippen LogP contribution in [0.4, 0.5) is 0 Å². The molecule has 1 aromatic carbocycles. The average Bonchev–Trinajstić information content (AvgIpc) is 3.02. The maximum absolute atomic E-state index is 5.78. The molecule has 0 radical (unpaired) electrons. The predicted molar refractivity (Wildman–Crippen MR) is 91.9 cm³/mol. The Morgan fingerprint density at radius 3 is 2.65 bits per heavy atom. The second kappa shape index (κ2) is 4.88. The highest BCUT2D eigenvalue weighted by atomic mass is 16.5. The zero-order valence-corrected chi connectivity index (χ0v) is 14.6. The molecule has 3 heteroatoms. The number of likely N-dealkylation sites (N-methyl/N-ethyl adjacent to an activating group) is 1. The van der Waals surface area contributed by atoms with Crippen LogP contribution in [-0.4, -0.2) is 38.8 Å². The SMILES string of the molecule is COC1=CC=C2[C@@H](C)N(C)CC23c2c(C)ccc(OC)c2C[C@@H]13. The van der Waals surface area contributed by atoms with Gasteiger partial charge in [0.05, 0.1) is 14.2 Å². The normalized spacial score (nSPS) is 31.9. The third-order valence-electron chi connectivity index (χ3n) is 6.28. The van der Waals surface area contributed by atoms with Gasteiger partial charge in [-0.2, -0.15) is 0 Å². The lowest BCUT2D eigenvalue weighted by Gasteiger charge is -2.38. The van der Waals surface area contributed by atoms with Crippen LogP contribution < -0.4 is 4.74 Å². The van der Waals surface area contributed by atoms with Crippen molar-refractivity contribution in [2.24, 2.45) is 5.92 Å². The molecule has 122 valence electrons. The minimum atomic E-state index is 0.0439. The van der Waals surface area contributed by atoms with E-state index in [9.17, 15) is 0 Å². The van der Waals surface area contributed by atoms with Crippen molar-refractivity contribution < 1.29 is 9.47 Å². The van der Waals surface area contributed by atoms with Crippen LogP contribution in [0.3, 0.4) is 0 Å². The van der Waals surface area contributed by atoms with Gasteiger partial charge in [-0.25, -0.2) is 0 Å². The predicted octanol–water partition coefficient (Wildman–Crippen LogP) is 3.22. The van der Waals surface area contributed by atoms with Crippen LogP contribution in [0.25, 0.3) is 0 Å². The molecule has 1 fully saturated rings. The van der Waals surface area contributed by atoms with E-state index in [1.165, 1.54) is 22.3 Å². The molecular weight excluding hydrogens is 286 g/mol. The van der Waals surface area contributed by atoms with Gasteiger partial charge < -0.3 is 9.47 Å². The van der Waals surface area contributed by atoms with Crippen molar-refractivity contribution in [3.63, 3.8) is 0 Å². The number of methoxy groups -OCH3 is 2. The molecule has 2 aliphatic carbocycles. The maximum atomic E-state index is 5.78. The number of ether oxygens (including phenoxy) is 2. The lowest BCUT2D eigenvalue weighted by molar-refractivity contribution is 0.198. The molecule has 0 N–H and O–H groups in total. The van der Waals surface area contributed by atoms with Crippen molar-refractivity contribution in [3.8, 4) is 5.75 Å². The van der Waals surface area contributed by atoms with Gasteiger partial charge in [-0.15, -0.1) is 0 Å². The van der Waals surface area contributed by atoms with Gasteiger partial charge in [0.2, 0.25) is 0 Å². The van der Waals surface area contributed by atoms with Crippen LogP contribution in [-0.2, 0) is 16.6 Å². The molecule has 1 aromatic rings. The zero-order valence-electron chi connectivity index (χ0n) is 14.6. The summed E-state index contributed by atoms with van der Waals surface area (Å²) in [5.74, 6) is 2.50. The van der Waals surface area contributed by atoms with Gasteiger partial charge in [-0.1, -0.05) is 12.1 Å². The van der Waals surface area contributed by atoms with E-state index in [0.717, 1.165) is 24.5 Å². The van der Waals surface area contributed by atoms with Gasteiger partial charge in [-0.05, 0) is 61.7 Å². The molecule has 0 saturated carbocycles. The summed E-state index contributed by atoms with van der Waals surface area (Å²) in [4.78, 5) is 2.47. The summed E-state index contributed by atoms with van der Waals surface area (Å²) in [5.41, 5.74) is 5.79. The number of fused-ring (bicyclic) bond motifs is 1. The van der Waals surface area contributed by atoms with Crippen molar-refractivity contribution in [1.29, 1.82) is 0 Å². The van der Waals surface area contributed by atoms with E-state index in [2.05, 4.69) is 50.1 Å². The van der Waals surface area contributed by atoms with E-state index in [0.29, 0.717) is 12.0 Å². The van der Waals surface area contributed by atoms with Crippen molar-refractivity contribution in [2.75, 3.05) is 27.8 Å². The van der Waals surface area contributed by atoms with Gasteiger partial charge in [-0.3, -0.25) is 4.90 Å². The second-order valence-electron chi connectivity index (χ2n) is 7.15. The van der Waals surface area contributed by atoms with E-state index < -0.39 is 0 Å². The monoisotopic (exact) mass is 311 g/mol. The van der Waals surface area contributed by atoms with E-state index in [1.807, 2.05) is 0 Å². The Hall–Kier alpha value is -1.74. The van der Waals surface area contributed by atoms with E-state index in [-0.39, 0.29) is 5.41 Å². The lowest BCUT2D eigenvalue weighted by Crippen LogP contribution is -2.39. The number of allylic oxidation sites excluding steroid dienone is 3. The Morgan fingerprint density at radius 1 is 1.17 bits per heavy atom. The Morgan fingerprint density at radius 2 is 1.96 bits per heavy atom. The fraction of sp³-hybridized carbons (Fsp3) is 0.500. The lowest BCUT2D eigenvalue weighted by atomic mass is 9.66. The van der Waals surface area contributed by atoms with Gasteiger partial charge in [0.1, 0.15) is 11.5 Å². The first-order chi connectivity index (χ1) is 11.0. The fourth-order valence-corrected chi connectivity index (χ4v) is 5.21. The quantitative estimate of drug-likeness (QED) is 0.837. The minimum Gasteiger partial charge on any atom is -0.501 e. The van der Waals surface area contributed by atoms with Gasteiger partial charge in [0.15, 0.2) is 0 Å². The molecule has 0 amide bonds. The number of hydrogen-bond acceptors (Lipinski definition) is 3. The highest BCUT2D eigenvalue weighted by Gasteiger charge is 2.59. The smallest absolute Gasteiger partial charge is 0.122 e. The highest BCUT2D eigenvalue weighted by Crippen LogP contribution is 2.59. The summed E-state index contributed by atoms with van der Waals surface area (Å²) in [6, 6.07) is 4.79. The van der Waals surface area contributed by atoms with E-state index in [4.69, 9.17) is 9.47 Å². The standard InChI is InChI=1S/C20H25NO2/c1-12-6-8-17(22-4)14-10-16-18(23-5)9-7-15-13(2)21(3)11-20(15,16)19(12)14/h6-9,13,16H,10-11H2,1-5H3/t13-,16+,20?/m1/s1. The Balaban J connectivity index is 2.02. The molecule has 1 spiro atoms. The largest absolute Gasteiger partial charge is 0.501 e. The molecule has 3 aliphatic rings. The summed E-state index contributed by atoms with van der Waals surface area (Å²) < 4.78 is 11.5. The molecule has 23 heavy (non-hydrogen) atoms. The van der Waals surface area contributed by atoms with Crippen molar-refractivity contribution in [2.45, 2.75) is 31.7 Å². The molecule has 1 heterocycles. The molecule has 1 saturated heterocycles. The topological polar surface area (TPSA) is 21.7 Å². The Labute approximate surface area is 138 Å². The molecule has 3 nitrogen and oxygen atoms in total. The first-order valence-corrected chi connectivity index (χ1v) is 8.38. The zero-order chi connectivity index (χ0) is 16.4. The van der Waals surface area contributed by atoms with Crippen LogP contribution >= 0.6 is 0 Å². The number of rotatable bonds is 2. The van der Waals surface area contributed by atoms with Gasteiger partial charge in [0, 0.05) is 23.9 Å². The Bertz CT molecular complexity index is 733. The molecule has 0 bridgehead atoms. The third kappa shape index (κ3) is 1.69. The van der Waals surface area contributed by atoms with Gasteiger partial charge >= 0.3 is 0 Å². The summed E-state index contributed by atoms with van der Waals surface area (Å²) in [7, 11) is 5.81. The maximum Gasteiger partial charge on any atom is 0.122 e. The highest BCUT2D eigenvalue weighted by molar-refractivity contribution is 5.62. The number of likely N-dealkylation sites (tertiary alicyclic amines) is 1. The van der Waals surface area contributed by atoms with E-state index >= 15 is 0 Å². The summed E-state index contributed by atoms with van der Waals surface area (Å²) in [6.07, 6.45) is 5.48. The van der Waals surface area contributed by atoms with Crippen molar-refractivity contribution >= 4 is 0 Å². The first kappa shape index (κ1) is 14.8. The molecule has 3 atom stereocenters. The summed E-state index contributed by atoms with van der Waals surface area (Å²) >= 11 is 0. The number of hydrogen-bond donors (Lipinski definition) is 0. The fourth-order valence-electron chi connectivity index (χ4n) is 5.21. The molecule has 1 aliphatic heterocycles. The Kier molecular flexibility index (Phi) is 3.14. The van der Waals surface area contributed by atoms with Crippen LogP contribution in [0.1, 0.15) is 23.6 Å². The van der Waals surface area contributed by atoms with Gasteiger partial charge in [0.25, 0.3) is 0 Å². The molecular formula is C20H25NO2. The molecule has 1 unspecified atom stereocenters. The minimum absolute atomic E-state index is 0.0439.